The minimum atomic E-state index is 0.292. The maximum absolute atomic E-state index is 10.1. The molecule has 82 valence electrons. The molecule has 0 fully saturated rings. The van der Waals surface area contributed by atoms with E-state index in [1.165, 1.54) is 11.1 Å². The molecule has 0 unspecified atom stereocenters. The van der Waals surface area contributed by atoms with E-state index in [1.807, 2.05) is 42.5 Å². The topological polar surface area (TPSA) is 17.1 Å². The quantitative estimate of drug-likeness (QED) is 0.560. The molecule has 0 heterocycles. The summed E-state index contributed by atoms with van der Waals surface area (Å²) in [5.74, 6) is 5.74. The zero-order chi connectivity index (χ0) is 11.9. The first-order valence-electron chi connectivity index (χ1n) is 5.48. The first-order chi connectivity index (χ1) is 8.40. The van der Waals surface area contributed by atoms with Gasteiger partial charge in [-0.3, -0.25) is 0 Å². The second-order valence-electron chi connectivity index (χ2n) is 3.62. The first kappa shape index (κ1) is 11.2. The van der Waals surface area contributed by atoms with E-state index >= 15 is 0 Å². The summed E-state index contributed by atoms with van der Waals surface area (Å²) in [6.07, 6.45) is 1.10. The molecule has 0 aromatic heterocycles. The highest BCUT2D eigenvalue weighted by Crippen LogP contribution is 2.18. The van der Waals surface area contributed by atoms with Gasteiger partial charge >= 0.3 is 0 Å². The smallest absolute Gasteiger partial charge is 0.131 e. The Morgan fingerprint density at radius 1 is 0.882 bits per heavy atom. The number of hydrogen-bond acceptors (Lipinski definition) is 1. The molecule has 0 aliphatic heterocycles. The van der Waals surface area contributed by atoms with E-state index in [0.29, 0.717) is 6.42 Å². The standard InChI is InChI=1S/C16H12O/c17-13-5-4-6-14-9-11-16(12-10-14)15-7-2-1-3-8-15/h1-3,7-13H,5H2. The fraction of sp³-hybridized carbons (Fsp3) is 0.0625. The number of carbonyl (C=O) groups excluding carboxylic acids is 1. The normalized spacial score (nSPS) is 9.18. The van der Waals surface area contributed by atoms with E-state index in [2.05, 4.69) is 24.0 Å². The van der Waals surface area contributed by atoms with Gasteiger partial charge in [-0.2, -0.15) is 0 Å². The number of hydrogen-bond donors (Lipinski definition) is 0. The zero-order valence-corrected chi connectivity index (χ0v) is 9.39. The van der Waals surface area contributed by atoms with Crippen LogP contribution in [-0.4, -0.2) is 6.29 Å². The fourth-order valence-corrected chi connectivity index (χ4v) is 1.57. The van der Waals surface area contributed by atoms with Crippen LogP contribution in [-0.2, 0) is 4.79 Å². The predicted octanol–water partition coefficient (Wildman–Crippen LogP) is 3.29. The molecule has 17 heavy (non-hydrogen) atoms. The Labute approximate surface area is 101 Å². The molecule has 0 atom stereocenters. The van der Waals surface area contributed by atoms with E-state index in [-0.39, 0.29) is 0 Å². The summed E-state index contributed by atoms with van der Waals surface area (Å²) in [5.41, 5.74) is 3.30. The molecule has 1 heteroatoms. The molecular formula is C16H12O. The number of benzene rings is 2. The Morgan fingerprint density at radius 2 is 1.53 bits per heavy atom. The summed E-state index contributed by atoms with van der Waals surface area (Å²) in [5, 5.41) is 0. The van der Waals surface area contributed by atoms with E-state index in [4.69, 9.17) is 0 Å². The lowest BCUT2D eigenvalue weighted by Crippen LogP contribution is -1.78. The molecule has 2 rings (SSSR count). The van der Waals surface area contributed by atoms with E-state index < -0.39 is 0 Å². The maximum atomic E-state index is 10.1. The van der Waals surface area contributed by atoms with Crippen molar-refractivity contribution < 1.29 is 4.79 Å². The van der Waals surface area contributed by atoms with Crippen molar-refractivity contribution in [1.29, 1.82) is 0 Å². The van der Waals surface area contributed by atoms with Crippen molar-refractivity contribution >= 4 is 6.29 Å². The Morgan fingerprint density at radius 3 is 2.18 bits per heavy atom. The van der Waals surface area contributed by atoms with E-state index in [0.717, 1.165) is 11.8 Å². The Kier molecular flexibility index (Phi) is 3.72. The SMILES string of the molecule is O=CCC#Cc1ccc(-c2ccccc2)cc1. The number of carbonyl (C=O) groups is 1. The van der Waals surface area contributed by atoms with Crippen LogP contribution in [0.15, 0.2) is 54.6 Å². The summed E-state index contributed by atoms with van der Waals surface area (Å²) in [7, 11) is 0. The summed E-state index contributed by atoms with van der Waals surface area (Å²) < 4.78 is 0. The molecule has 0 radical (unpaired) electrons. The van der Waals surface area contributed by atoms with Crippen LogP contribution < -0.4 is 0 Å². The van der Waals surface area contributed by atoms with Gasteiger partial charge in [0.05, 0.1) is 6.42 Å². The van der Waals surface area contributed by atoms with Gasteiger partial charge in [-0.15, -0.1) is 0 Å². The lowest BCUT2D eigenvalue weighted by molar-refractivity contribution is -0.107. The molecule has 1 nitrogen and oxygen atoms in total. The van der Waals surface area contributed by atoms with Crippen molar-refractivity contribution in [1.82, 2.24) is 0 Å². The predicted molar refractivity (Wildman–Crippen MR) is 69.4 cm³/mol. The average Bonchev–Trinajstić information content (AvgIpc) is 2.41. The number of rotatable bonds is 2. The largest absolute Gasteiger partial charge is 0.302 e. The van der Waals surface area contributed by atoms with Gasteiger partial charge < -0.3 is 4.79 Å². The first-order valence-corrected chi connectivity index (χ1v) is 5.48. The Hall–Kier alpha value is -2.33. The highest BCUT2D eigenvalue weighted by molar-refractivity contribution is 5.64. The van der Waals surface area contributed by atoms with Gasteiger partial charge in [0.1, 0.15) is 6.29 Å². The molecule has 0 aliphatic carbocycles. The second-order valence-corrected chi connectivity index (χ2v) is 3.62. The summed E-state index contributed by atoms with van der Waals surface area (Å²) >= 11 is 0. The van der Waals surface area contributed by atoms with Crippen LogP contribution in [0.2, 0.25) is 0 Å². The third-order valence-corrected chi connectivity index (χ3v) is 2.41. The summed E-state index contributed by atoms with van der Waals surface area (Å²) in [4.78, 5) is 10.1. The molecule has 2 aromatic rings. The van der Waals surface area contributed by atoms with Crippen LogP contribution in [0.3, 0.4) is 0 Å². The van der Waals surface area contributed by atoms with Crippen molar-refractivity contribution in [3.8, 4) is 23.0 Å². The van der Waals surface area contributed by atoms with Crippen LogP contribution in [0.5, 0.6) is 0 Å². The second kappa shape index (κ2) is 5.67. The average molecular weight is 220 g/mol. The minimum Gasteiger partial charge on any atom is -0.302 e. The molecule has 0 bridgehead atoms. The van der Waals surface area contributed by atoms with Gasteiger partial charge in [-0.05, 0) is 23.3 Å². The molecular weight excluding hydrogens is 208 g/mol. The lowest BCUT2D eigenvalue weighted by atomic mass is 10.0. The van der Waals surface area contributed by atoms with Crippen molar-refractivity contribution in [3.63, 3.8) is 0 Å². The van der Waals surface area contributed by atoms with Crippen LogP contribution in [0.25, 0.3) is 11.1 Å². The van der Waals surface area contributed by atoms with E-state index in [9.17, 15) is 4.79 Å². The number of aldehydes is 1. The van der Waals surface area contributed by atoms with Gasteiger partial charge in [0.15, 0.2) is 0 Å². The van der Waals surface area contributed by atoms with Gasteiger partial charge in [-0.1, -0.05) is 54.3 Å². The molecule has 0 spiro atoms. The third-order valence-electron chi connectivity index (χ3n) is 2.41. The highest BCUT2D eigenvalue weighted by atomic mass is 16.1. The van der Waals surface area contributed by atoms with Crippen LogP contribution in [0.1, 0.15) is 12.0 Å². The molecule has 0 aliphatic rings. The van der Waals surface area contributed by atoms with Crippen LogP contribution in [0.4, 0.5) is 0 Å². The summed E-state index contributed by atoms with van der Waals surface area (Å²) in [6, 6.07) is 18.2. The zero-order valence-electron chi connectivity index (χ0n) is 9.39. The van der Waals surface area contributed by atoms with Crippen LogP contribution in [0, 0.1) is 11.8 Å². The molecule has 0 saturated heterocycles. The Balaban J connectivity index is 2.20. The third kappa shape index (κ3) is 3.06. The van der Waals surface area contributed by atoms with Crippen molar-refractivity contribution in [2.75, 3.05) is 0 Å². The molecule has 2 aromatic carbocycles. The molecule has 0 amide bonds. The summed E-state index contributed by atoms with van der Waals surface area (Å²) in [6.45, 7) is 0. The van der Waals surface area contributed by atoms with Crippen molar-refractivity contribution in [2.45, 2.75) is 6.42 Å². The van der Waals surface area contributed by atoms with E-state index in [1.54, 1.807) is 0 Å². The fourth-order valence-electron chi connectivity index (χ4n) is 1.57. The van der Waals surface area contributed by atoms with Gasteiger partial charge in [0.25, 0.3) is 0 Å². The minimum absolute atomic E-state index is 0.292. The van der Waals surface area contributed by atoms with Gasteiger partial charge in [-0.25, -0.2) is 0 Å². The maximum Gasteiger partial charge on any atom is 0.131 e. The van der Waals surface area contributed by atoms with Gasteiger partial charge in [0.2, 0.25) is 0 Å². The van der Waals surface area contributed by atoms with Crippen LogP contribution >= 0.6 is 0 Å². The molecule has 0 N–H and O–H groups in total. The highest BCUT2D eigenvalue weighted by Gasteiger charge is 1.95. The Bertz CT molecular complexity index is 542. The van der Waals surface area contributed by atoms with Crippen molar-refractivity contribution in [2.24, 2.45) is 0 Å². The monoisotopic (exact) mass is 220 g/mol. The molecule has 0 saturated carbocycles. The van der Waals surface area contributed by atoms with Gasteiger partial charge in [0, 0.05) is 5.56 Å². The lowest BCUT2D eigenvalue weighted by Gasteiger charge is -2.00. The van der Waals surface area contributed by atoms with Crippen molar-refractivity contribution in [3.05, 3.63) is 60.2 Å².